The largest absolute Gasteiger partial charge is 0.322 e. The van der Waals surface area contributed by atoms with Gasteiger partial charge in [-0.2, -0.15) is 0 Å². The summed E-state index contributed by atoms with van der Waals surface area (Å²) in [4.78, 5) is 12.2. The number of aryl methyl sites for hydroxylation is 1. The van der Waals surface area contributed by atoms with E-state index in [2.05, 4.69) is 21.2 Å². The van der Waals surface area contributed by atoms with Crippen molar-refractivity contribution in [3.05, 3.63) is 58.3 Å². The summed E-state index contributed by atoms with van der Waals surface area (Å²) in [5.74, 6) is -1.25. The smallest absolute Gasteiger partial charge is 0.245 e. The Morgan fingerprint density at radius 2 is 1.96 bits per heavy atom. The normalized spacial score (nSPS) is 11.2. The van der Waals surface area contributed by atoms with Crippen molar-refractivity contribution in [1.82, 2.24) is 0 Å². The van der Waals surface area contributed by atoms with Crippen molar-refractivity contribution in [2.75, 3.05) is 22.4 Å². The van der Waals surface area contributed by atoms with E-state index in [-0.39, 0.29) is 5.69 Å². The number of nitrogens with zero attached hydrogens (tertiary/aromatic N) is 1. The third kappa shape index (κ3) is 4.78. The molecule has 0 radical (unpaired) electrons. The zero-order chi connectivity index (χ0) is 17.9. The standard InChI is InChI=1S/C16H16BrFN2O3S/c1-11-4-3-5-13(8-11)20(24(2,22)23)10-16(21)19-15-7-6-12(17)9-14(15)18/h3-9H,10H2,1-2H3,(H,19,21). The lowest BCUT2D eigenvalue weighted by Crippen LogP contribution is -2.37. The lowest BCUT2D eigenvalue weighted by molar-refractivity contribution is -0.114. The van der Waals surface area contributed by atoms with E-state index in [0.717, 1.165) is 16.1 Å². The topological polar surface area (TPSA) is 66.5 Å². The Morgan fingerprint density at radius 3 is 2.54 bits per heavy atom. The highest BCUT2D eigenvalue weighted by molar-refractivity contribution is 9.10. The van der Waals surface area contributed by atoms with E-state index < -0.39 is 28.3 Å². The lowest BCUT2D eigenvalue weighted by Gasteiger charge is -2.22. The van der Waals surface area contributed by atoms with Gasteiger partial charge in [0, 0.05) is 4.47 Å². The summed E-state index contributed by atoms with van der Waals surface area (Å²) in [5, 5.41) is 2.38. The molecule has 0 aliphatic heterocycles. The molecule has 0 atom stereocenters. The van der Waals surface area contributed by atoms with E-state index in [1.807, 2.05) is 13.0 Å². The first-order valence-corrected chi connectivity index (χ1v) is 9.60. The second kappa shape index (κ2) is 7.31. The fraction of sp³-hybridized carbons (Fsp3) is 0.188. The van der Waals surface area contributed by atoms with Gasteiger partial charge in [0.15, 0.2) is 0 Å². The van der Waals surface area contributed by atoms with Gasteiger partial charge < -0.3 is 5.32 Å². The van der Waals surface area contributed by atoms with Crippen LogP contribution >= 0.6 is 15.9 Å². The van der Waals surface area contributed by atoms with Gasteiger partial charge in [0.2, 0.25) is 15.9 Å². The molecule has 2 rings (SSSR count). The highest BCUT2D eigenvalue weighted by Gasteiger charge is 2.21. The van der Waals surface area contributed by atoms with Crippen molar-refractivity contribution in [2.45, 2.75) is 6.92 Å². The fourth-order valence-corrected chi connectivity index (χ4v) is 3.28. The van der Waals surface area contributed by atoms with Gasteiger partial charge in [0.25, 0.3) is 0 Å². The molecule has 0 saturated heterocycles. The van der Waals surface area contributed by atoms with Crippen LogP contribution in [0, 0.1) is 12.7 Å². The van der Waals surface area contributed by atoms with Gasteiger partial charge >= 0.3 is 0 Å². The molecule has 0 aromatic heterocycles. The summed E-state index contributed by atoms with van der Waals surface area (Å²) in [5.41, 5.74) is 1.23. The fourth-order valence-electron chi connectivity index (χ4n) is 2.09. The number of rotatable bonds is 5. The van der Waals surface area contributed by atoms with Crippen LogP contribution in [0.15, 0.2) is 46.9 Å². The number of benzene rings is 2. The van der Waals surface area contributed by atoms with Gasteiger partial charge in [-0.15, -0.1) is 0 Å². The maximum atomic E-state index is 13.8. The van der Waals surface area contributed by atoms with E-state index in [4.69, 9.17) is 0 Å². The van der Waals surface area contributed by atoms with E-state index in [1.54, 1.807) is 24.3 Å². The summed E-state index contributed by atoms with van der Waals surface area (Å²) in [6.45, 7) is 1.37. The molecule has 0 aliphatic carbocycles. The van der Waals surface area contributed by atoms with Crippen molar-refractivity contribution < 1.29 is 17.6 Å². The van der Waals surface area contributed by atoms with Crippen LogP contribution in [-0.4, -0.2) is 27.1 Å². The van der Waals surface area contributed by atoms with Crippen LogP contribution in [-0.2, 0) is 14.8 Å². The first-order chi connectivity index (χ1) is 11.2. The van der Waals surface area contributed by atoms with Gasteiger partial charge in [-0.3, -0.25) is 9.10 Å². The van der Waals surface area contributed by atoms with E-state index in [0.29, 0.717) is 10.2 Å². The van der Waals surface area contributed by atoms with Crippen LogP contribution in [0.25, 0.3) is 0 Å². The van der Waals surface area contributed by atoms with Crippen molar-refractivity contribution in [1.29, 1.82) is 0 Å². The number of carbonyl (C=O) groups is 1. The molecular weight excluding hydrogens is 399 g/mol. The molecule has 128 valence electrons. The zero-order valence-corrected chi connectivity index (χ0v) is 15.5. The van der Waals surface area contributed by atoms with Crippen molar-refractivity contribution >= 4 is 43.2 Å². The number of carbonyl (C=O) groups excluding carboxylic acids is 1. The Labute approximate surface area is 148 Å². The van der Waals surface area contributed by atoms with Crippen LogP contribution < -0.4 is 9.62 Å². The Bertz CT molecular complexity index is 871. The average molecular weight is 415 g/mol. The molecule has 1 amide bonds. The Kier molecular flexibility index (Phi) is 5.61. The minimum absolute atomic E-state index is 0.0131. The summed E-state index contributed by atoms with van der Waals surface area (Å²) in [6.07, 6.45) is 1.02. The zero-order valence-electron chi connectivity index (χ0n) is 13.1. The minimum Gasteiger partial charge on any atom is -0.322 e. The van der Waals surface area contributed by atoms with Gasteiger partial charge in [-0.1, -0.05) is 28.1 Å². The second-order valence-corrected chi connectivity index (χ2v) is 8.10. The van der Waals surface area contributed by atoms with Crippen LogP contribution in [0.4, 0.5) is 15.8 Å². The molecule has 0 saturated carbocycles. The van der Waals surface area contributed by atoms with Gasteiger partial charge in [0.1, 0.15) is 12.4 Å². The summed E-state index contributed by atoms with van der Waals surface area (Å²) < 4.78 is 39.3. The molecule has 1 N–H and O–H groups in total. The van der Waals surface area contributed by atoms with Gasteiger partial charge in [-0.25, -0.2) is 12.8 Å². The highest BCUT2D eigenvalue weighted by atomic mass is 79.9. The number of hydrogen-bond donors (Lipinski definition) is 1. The summed E-state index contributed by atoms with van der Waals surface area (Å²) in [6, 6.07) is 11.0. The maximum absolute atomic E-state index is 13.8. The van der Waals surface area contributed by atoms with Crippen molar-refractivity contribution in [2.24, 2.45) is 0 Å². The monoisotopic (exact) mass is 414 g/mol. The minimum atomic E-state index is -3.67. The highest BCUT2D eigenvalue weighted by Crippen LogP contribution is 2.21. The number of hydrogen-bond acceptors (Lipinski definition) is 3. The average Bonchev–Trinajstić information content (AvgIpc) is 2.46. The first-order valence-electron chi connectivity index (χ1n) is 6.96. The number of amides is 1. The molecule has 0 bridgehead atoms. The molecule has 0 heterocycles. The SMILES string of the molecule is Cc1cccc(N(CC(=O)Nc2ccc(Br)cc2F)S(C)(=O)=O)c1. The maximum Gasteiger partial charge on any atom is 0.245 e. The Hall–Kier alpha value is -1.93. The lowest BCUT2D eigenvalue weighted by atomic mass is 10.2. The molecular formula is C16H16BrFN2O3S. The predicted molar refractivity (Wildman–Crippen MR) is 96.1 cm³/mol. The number of nitrogens with one attached hydrogen (secondary N) is 1. The van der Waals surface area contributed by atoms with E-state index in [9.17, 15) is 17.6 Å². The van der Waals surface area contributed by atoms with Crippen LogP contribution in [0.2, 0.25) is 0 Å². The van der Waals surface area contributed by atoms with E-state index in [1.165, 1.54) is 12.1 Å². The number of anilines is 2. The molecule has 5 nitrogen and oxygen atoms in total. The quantitative estimate of drug-likeness (QED) is 0.815. The summed E-state index contributed by atoms with van der Waals surface area (Å²) >= 11 is 3.13. The third-order valence-corrected chi connectivity index (χ3v) is 4.82. The van der Waals surface area contributed by atoms with Crippen LogP contribution in [0.5, 0.6) is 0 Å². The van der Waals surface area contributed by atoms with Crippen LogP contribution in [0.1, 0.15) is 5.56 Å². The molecule has 0 fully saturated rings. The molecule has 24 heavy (non-hydrogen) atoms. The first kappa shape index (κ1) is 18.4. The van der Waals surface area contributed by atoms with Gasteiger partial charge in [0.05, 0.1) is 17.6 Å². The van der Waals surface area contributed by atoms with Crippen molar-refractivity contribution in [3.63, 3.8) is 0 Å². The summed E-state index contributed by atoms with van der Waals surface area (Å²) in [7, 11) is -3.67. The Morgan fingerprint density at radius 1 is 1.25 bits per heavy atom. The molecule has 0 aliphatic rings. The van der Waals surface area contributed by atoms with Crippen molar-refractivity contribution in [3.8, 4) is 0 Å². The second-order valence-electron chi connectivity index (χ2n) is 5.28. The molecule has 8 heteroatoms. The number of halogens is 2. The van der Waals surface area contributed by atoms with Crippen LogP contribution in [0.3, 0.4) is 0 Å². The predicted octanol–water partition coefficient (Wildman–Crippen LogP) is 3.30. The Balaban J connectivity index is 2.22. The third-order valence-electron chi connectivity index (χ3n) is 3.18. The molecule has 0 spiro atoms. The molecule has 2 aromatic carbocycles. The van der Waals surface area contributed by atoms with Gasteiger partial charge in [-0.05, 0) is 42.8 Å². The number of sulfonamides is 1. The molecule has 0 unspecified atom stereocenters. The van der Waals surface area contributed by atoms with E-state index >= 15 is 0 Å². The molecule has 2 aromatic rings.